The van der Waals surface area contributed by atoms with Gasteiger partial charge < -0.3 is 14.8 Å². The fraction of sp³-hybridized carbons (Fsp3) is 0.929. The predicted molar refractivity (Wildman–Crippen MR) is 139 cm³/mol. The molecule has 0 saturated carbocycles. The summed E-state index contributed by atoms with van der Waals surface area (Å²) >= 11 is 0. The molecule has 0 aromatic rings. The van der Waals surface area contributed by atoms with Gasteiger partial charge in [0.2, 0.25) is 0 Å². The number of ketones is 1. The van der Waals surface area contributed by atoms with Gasteiger partial charge in [0, 0.05) is 26.0 Å². The Bertz CT molecular complexity index is 459. The van der Waals surface area contributed by atoms with E-state index >= 15 is 0 Å². The first kappa shape index (κ1) is 31.9. The molecule has 0 heterocycles. The highest BCUT2D eigenvalue weighted by Gasteiger charge is 2.15. The highest BCUT2D eigenvalue weighted by Crippen LogP contribution is 2.14. The summed E-state index contributed by atoms with van der Waals surface area (Å²) in [5.74, 6) is 0.347. The van der Waals surface area contributed by atoms with E-state index in [2.05, 4.69) is 12.2 Å². The Hall–Kier alpha value is -1.10. The zero-order valence-electron chi connectivity index (χ0n) is 22.5. The lowest BCUT2D eigenvalue weighted by Crippen LogP contribution is -2.34. The third-order valence-corrected chi connectivity index (χ3v) is 5.72. The molecule has 0 unspecified atom stereocenters. The standard InChI is InChI=1S/C28H55NO4/c1-5-6-7-8-9-10-11-12-13-14-15-16-17-18-19-21-26(30)22-20-24-32-25-23-29-27(31)33-28(2,3)4/h5-25H2,1-4H3,(H,29,31). The van der Waals surface area contributed by atoms with Crippen LogP contribution in [0.15, 0.2) is 0 Å². The first-order chi connectivity index (χ1) is 15.8. The first-order valence-electron chi connectivity index (χ1n) is 13.9. The van der Waals surface area contributed by atoms with E-state index in [0.29, 0.717) is 38.4 Å². The van der Waals surface area contributed by atoms with Crippen LogP contribution < -0.4 is 5.32 Å². The van der Waals surface area contributed by atoms with Gasteiger partial charge in [0.1, 0.15) is 11.4 Å². The number of carbonyl (C=O) groups excluding carboxylic acids is 2. The number of Topliss-reactive ketones (excluding diaryl/α,β-unsaturated/α-hetero) is 1. The number of hydrogen-bond acceptors (Lipinski definition) is 4. The molecular weight excluding hydrogens is 414 g/mol. The second-order valence-electron chi connectivity index (χ2n) is 10.4. The number of carbonyl (C=O) groups is 2. The van der Waals surface area contributed by atoms with Crippen molar-refractivity contribution >= 4 is 11.9 Å². The Morgan fingerprint density at radius 2 is 1.09 bits per heavy atom. The summed E-state index contributed by atoms with van der Waals surface area (Å²) < 4.78 is 10.6. The molecule has 196 valence electrons. The Kier molecular flexibility index (Phi) is 21.9. The van der Waals surface area contributed by atoms with Gasteiger partial charge in [0.15, 0.2) is 0 Å². The van der Waals surface area contributed by atoms with Crippen molar-refractivity contribution in [3.63, 3.8) is 0 Å². The average Bonchev–Trinajstić information content (AvgIpc) is 2.74. The summed E-state index contributed by atoms with van der Waals surface area (Å²) in [4.78, 5) is 23.4. The molecule has 0 aliphatic carbocycles. The molecule has 1 amide bonds. The molecule has 0 bridgehead atoms. The Balaban J connectivity index is 3.26. The van der Waals surface area contributed by atoms with Gasteiger partial charge in [0.25, 0.3) is 0 Å². The summed E-state index contributed by atoms with van der Waals surface area (Å²) in [6, 6.07) is 0. The van der Waals surface area contributed by atoms with Gasteiger partial charge in [-0.25, -0.2) is 4.79 Å². The minimum atomic E-state index is -0.488. The number of alkyl carbamates (subject to hydrolysis) is 1. The third-order valence-electron chi connectivity index (χ3n) is 5.72. The van der Waals surface area contributed by atoms with Gasteiger partial charge >= 0.3 is 6.09 Å². The highest BCUT2D eigenvalue weighted by molar-refractivity contribution is 5.78. The molecule has 0 rings (SSSR count). The van der Waals surface area contributed by atoms with Crippen molar-refractivity contribution in [1.82, 2.24) is 5.32 Å². The van der Waals surface area contributed by atoms with Crippen LogP contribution in [0.25, 0.3) is 0 Å². The van der Waals surface area contributed by atoms with E-state index in [1.54, 1.807) is 0 Å². The van der Waals surface area contributed by atoms with Crippen LogP contribution in [0.3, 0.4) is 0 Å². The second-order valence-corrected chi connectivity index (χ2v) is 10.4. The molecule has 5 heteroatoms. The van der Waals surface area contributed by atoms with Crippen LogP contribution in [0.2, 0.25) is 0 Å². The maximum Gasteiger partial charge on any atom is 0.407 e. The van der Waals surface area contributed by atoms with E-state index in [1.165, 1.54) is 89.9 Å². The van der Waals surface area contributed by atoms with Crippen LogP contribution in [0.5, 0.6) is 0 Å². The van der Waals surface area contributed by atoms with Gasteiger partial charge in [0.05, 0.1) is 6.61 Å². The van der Waals surface area contributed by atoms with Crippen molar-refractivity contribution in [2.45, 2.75) is 149 Å². The lowest BCUT2D eigenvalue weighted by atomic mass is 10.0. The van der Waals surface area contributed by atoms with E-state index in [-0.39, 0.29) is 0 Å². The minimum absolute atomic E-state index is 0.347. The number of rotatable bonds is 23. The summed E-state index contributed by atoms with van der Waals surface area (Å²) in [5.41, 5.74) is -0.488. The normalized spacial score (nSPS) is 11.5. The van der Waals surface area contributed by atoms with E-state index in [9.17, 15) is 9.59 Å². The molecule has 1 N–H and O–H groups in total. The zero-order valence-corrected chi connectivity index (χ0v) is 22.5. The highest BCUT2D eigenvalue weighted by atomic mass is 16.6. The monoisotopic (exact) mass is 469 g/mol. The Labute approximate surface area is 205 Å². The Morgan fingerprint density at radius 1 is 0.636 bits per heavy atom. The van der Waals surface area contributed by atoms with Gasteiger partial charge in [-0.1, -0.05) is 96.8 Å². The maximum absolute atomic E-state index is 12.0. The van der Waals surface area contributed by atoms with Crippen LogP contribution in [0, 0.1) is 0 Å². The Morgan fingerprint density at radius 3 is 1.58 bits per heavy atom. The van der Waals surface area contributed by atoms with Crippen molar-refractivity contribution in [3.05, 3.63) is 0 Å². The fourth-order valence-electron chi connectivity index (χ4n) is 3.83. The SMILES string of the molecule is CCCCCCCCCCCCCCCCCC(=O)CCCOCCNC(=O)OC(C)(C)C. The van der Waals surface area contributed by atoms with Crippen molar-refractivity contribution in [1.29, 1.82) is 0 Å². The van der Waals surface area contributed by atoms with E-state index < -0.39 is 11.7 Å². The zero-order chi connectivity index (χ0) is 24.6. The summed E-state index contributed by atoms with van der Waals surface area (Å²) in [6.45, 7) is 9.19. The topological polar surface area (TPSA) is 64.6 Å². The maximum atomic E-state index is 12.0. The molecule has 5 nitrogen and oxygen atoms in total. The van der Waals surface area contributed by atoms with Crippen molar-refractivity contribution < 1.29 is 19.1 Å². The van der Waals surface area contributed by atoms with E-state index in [4.69, 9.17) is 9.47 Å². The molecule has 33 heavy (non-hydrogen) atoms. The lowest BCUT2D eigenvalue weighted by Gasteiger charge is -2.19. The van der Waals surface area contributed by atoms with E-state index in [1.807, 2.05) is 20.8 Å². The molecule has 0 aromatic heterocycles. The fourth-order valence-corrected chi connectivity index (χ4v) is 3.83. The van der Waals surface area contributed by atoms with Gasteiger partial charge in [-0.2, -0.15) is 0 Å². The number of amides is 1. The van der Waals surface area contributed by atoms with Crippen LogP contribution >= 0.6 is 0 Å². The van der Waals surface area contributed by atoms with Crippen LogP contribution in [-0.4, -0.2) is 37.2 Å². The lowest BCUT2D eigenvalue weighted by molar-refractivity contribution is -0.119. The molecule has 0 aliphatic rings. The first-order valence-corrected chi connectivity index (χ1v) is 13.9. The number of hydrogen-bond donors (Lipinski definition) is 1. The molecule has 0 spiro atoms. The molecule has 0 aliphatic heterocycles. The van der Waals surface area contributed by atoms with Crippen LogP contribution in [0.1, 0.15) is 143 Å². The number of nitrogens with one attached hydrogen (secondary N) is 1. The van der Waals surface area contributed by atoms with Crippen molar-refractivity contribution in [3.8, 4) is 0 Å². The molecule has 0 aromatic carbocycles. The number of ether oxygens (including phenoxy) is 2. The molecule has 0 saturated heterocycles. The second kappa shape index (κ2) is 22.7. The van der Waals surface area contributed by atoms with Gasteiger partial charge in [-0.3, -0.25) is 4.79 Å². The summed E-state index contributed by atoms with van der Waals surface area (Å²) in [7, 11) is 0. The van der Waals surface area contributed by atoms with Crippen molar-refractivity contribution in [2.75, 3.05) is 19.8 Å². The molecule has 0 fully saturated rings. The minimum Gasteiger partial charge on any atom is -0.444 e. The molecular formula is C28H55NO4. The van der Waals surface area contributed by atoms with Crippen molar-refractivity contribution in [2.24, 2.45) is 0 Å². The largest absolute Gasteiger partial charge is 0.444 e. The van der Waals surface area contributed by atoms with Crippen LogP contribution in [0.4, 0.5) is 4.79 Å². The van der Waals surface area contributed by atoms with Gasteiger partial charge in [-0.15, -0.1) is 0 Å². The molecule has 0 radical (unpaired) electrons. The van der Waals surface area contributed by atoms with Crippen LogP contribution in [-0.2, 0) is 14.3 Å². The average molecular weight is 470 g/mol. The van der Waals surface area contributed by atoms with Gasteiger partial charge in [-0.05, 0) is 33.6 Å². The smallest absolute Gasteiger partial charge is 0.407 e. The quantitative estimate of drug-likeness (QED) is 0.153. The molecule has 0 atom stereocenters. The van der Waals surface area contributed by atoms with E-state index in [0.717, 1.165) is 12.8 Å². The number of unbranched alkanes of at least 4 members (excludes halogenated alkanes) is 14. The summed E-state index contributed by atoms with van der Waals surface area (Å²) in [6.07, 6.45) is 21.8. The third kappa shape index (κ3) is 27.0. The summed E-state index contributed by atoms with van der Waals surface area (Å²) in [5, 5.41) is 2.66. The predicted octanol–water partition coefficient (Wildman–Crippen LogP) is 8.14.